The molecule has 0 aliphatic rings. The molecule has 5 nitrogen and oxygen atoms in total. The Hall–Kier alpha value is -2.56. The maximum Gasteiger partial charge on any atom is 0.352 e. The number of ether oxygens (including phenoxy) is 1. The molecular formula is C14H13NO4. The maximum atomic E-state index is 11.6. The van der Waals surface area contributed by atoms with Crippen LogP contribution < -0.4 is 10.3 Å². The summed E-state index contributed by atoms with van der Waals surface area (Å²) >= 11 is 0. The molecule has 0 fully saturated rings. The second-order valence-corrected chi connectivity index (χ2v) is 4.14. The number of nitrogens with one attached hydrogen (secondary N) is 1. The molecule has 0 spiro atoms. The van der Waals surface area contributed by atoms with Crippen molar-refractivity contribution >= 4 is 5.97 Å². The van der Waals surface area contributed by atoms with Gasteiger partial charge in [-0.15, -0.1) is 0 Å². The Labute approximate surface area is 109 Å². The van der Waals surface area contributed by atoms with E-state index in [1.165, 1.54) is 12.1 Å². The quantitative estimate of drug-likeness (QED) is 0.879. The Balaban J connectivity index is 2.10. The molecule has 0 radical (unpaired) electrons. The van der Waals surface area contributed by atoms with Crippen LogP contribution in [-0.4, -0.2) is 16.1 Å². The molecule has 19 heavy (non-hydrogen) atoms. The van der Waals surface area contributed by atoms with Gasteiger partial charge in [0, 0.05) is 0 Å². The van der Waals surface area contributed by atoms with E-state index in [1.54, 1.807) is 0 Å². The molecular weight excluding hydrogens is 246 g/mol. The molecule has 2 aromatic rings. The van der Waals surface area contributed by atoms with Gasteiger partial charge >= 0.3 is 5.97 Å². The number of aromatic amines is 1. The van der Waals surface area contributed by atoms with Gasteiger partial charge in [0.1, 0.15) is 12.3 Å². The third-order valence-corrected chi connectivity index (χ3v) is 2.62. The van der Waals surface area contributed by atoms with Crippen LogP contribution in [0.15, 0.2) is 41.2 Å². The van der Waals surface area contributed by atoms with E-state index in [1.807, 2.05) is 31.2 Å². The van der Waals surface area contributed by atoms with Crippen LogP contribution in [0.1, 0.15) is 21.6 Å². The summed E-state index contributed by atoms with van der Waals surface area (Å²) < 4.78 is 5.36. The normalized spacial score (nSPS) is 10.2. The summed E-state index contributed by atoms with van der Waals surface area (Å²) in [5.74, 6) is -1.08. The zero-order valence-corrected chi connectivity index (χ0v) is 10.3. The Bertz CT molecular complexity index is 643. The molecule has 98 valence electrons. The lowest BCUT2D eigenvalue weighted by molar-refractivity contribution is 0.0690. The van der Waals surface area contributed by atoms with Crippen LogP contribution in [0.3, 0.4) is 0 Å². The van der Waals surface area contributed by atoms with Gasteiger partial charge in [-0.25, -0.2) is 4.79 Å². The molecule has 0 amide bonds. The van der Waals surface area contributed by atoms with Crippen LogP contribution in [0, 0.1) is 6.92 Å². The van der Waals surface area contributed by atoms with Gasteiger partial charge in [-0.1, -0.05) is 29.8 Å². The van der Waals surface area contributed by atoms with Crippen LogP contribution in [-0.2, 0) is 6.61 Å². The molecule has 1 aromatic carbocycles. The monoisotopic (exact) mass is 259 g/mol. The highest BCUT2D eigenvalue weighted by atomic mass is 16.5. The molecule has 0 bridgehead atoms. The standard InChI is InChI=1S/C14H13NO4/c1-9-2-4-10(5-3-9)8-19-12-7-6-11(14(17)18)15-13(12)16/h2-7H,8H2,1H3,(H,15,16)(H,17,18). The Morgan fingerprint density at radius 2 is 1.89 bits per heavy atom. The third-order valence-electron chi connectivity index (χ3n) is 2.62. The molecule has 0 saturated heterocycles. The minimum absolute atomic E-state index is 0.102. The highest BCUT2D eigenvalue weighted by Crippen LogP contribution is 2.08. The van der Waals surface area contributed by atoms with E-state index in [4.69, 9.17) is 9.84 Å². The van der Waals surface area contributed by atoms with Crippen LogP contribution >= 0.6 is 0 Å². The number of rotatable bonds is 4. The third kappa shape index (κ3) is 3.22. The molecule has 1 aromatic heterocycles. The van der Waals surface area contributed by atoms with E-state index in [-0.39, 0.29) is 18.1 Å². The molecule has 1 heterocycles. The number of carbonyl (C=O) groups is 1. The van der Waals surface area contributed by atoms with Gasteiger partial charge in [-0.05, 0) is 24.6 Å². The zero-order chi connectivity index (χ0) is 13.8. The van der Waals surface area contributed by atoms with Crippen molar-refractivity contribution in [1.29, 1.82) is 0 Å². The molecule has 0 atom stereocenters. The smallest absolute Gasteiger partial charge is 0.352 e. The van der Waals surface area contributed by atoms with Crippen molar-refractivity contribution in [3.05, 3.63) is 63.6 Å². The summed E-state index contributed by atoms with van der Waals surface area (Å²) in [7, 11) is 0. The van der Waals surface area contributed by atoms with Crippen molar-refractivity contribution in [1.82, 2.24) is 4.98 Å². The first-order valence-electron chi connectivity index (χ1n) is 5.71. The van der Waals surface area contributed by atoms with Gasteiger partial charge < -0.3 is 14.8 Å². The summed E-state index contributed by atoms with van der Waals surface area (Å²) in [5, 5.41) is 8.72. The SMILES string of the molecule is Cc1ccc(COc2ccc(C(=O)O)[nH]c2=O)cc1. The van der Waals surface area contributed by atoms with Gasteiger partial charge in [0.2, 0.25) is 0 Å². The molecule has 2 rings (SSSR count). The number of carboxylic acid groups (broad SMARTS) is 1. The summed E-state index contributed by atoms with van der Waals surface area (Å²) in [6, 6.07) is 10.4. The van der Waals surface area contributed by atoms with Crippen molar-refractivity contribution in [2.45, 2.75) is 13.5 Å². The maximum absolute atomic E-state index is 11.6. The lowest BCUT2D eigenvalue weighted by atomic mass is 10.2. The van der Waals surface area contributed by atoms with Gasteiger partial charge in [0.15, 0.2) is 5.75 Å². The molecule has 0 aliphatic heterocycles. The first kappa shape index (κ1) is 12.9. The second-order valence-electron chi connectivity index (χ2n) is 4.14. The predicted octanol–water partition coefficient (Wildman–Crippen LogP) is 1.96. The van der Waals surface area contributed by atoms with E-state index in [9.17, 15) is 9.59 Å². The van der Waals surface area contributed by atoms with E-state index < -0.39 is 11.5 Å². The first-order chi connectivity index (χ1) is 9.06. The number of aromatic nitrogens is 1. The van der Waals surface area contributed by atoms with Crippen molar-refractivity contribution in [2.24, 2.45) is 0 Å². The second kappa shape index (κ2) is 5.39. The van der Waals surface area contributed by atoms with Crippen LogP contribution in [0.5, 0.6) is 5.75 Å². The Kier molecular flexibility index (Phi) is 3.66. The zero-order valence-electron chi connectivity index (χ0n) is 10.3. The van der Waals surface area contributed by atoms with Crippen molar-refractivity contribution in [2.75, 3.05) is 0 Å². The van der Waals surface area contributed by atoms with Crippen LogP contribution in [0.4, 0.5) is 0 Å². The minimum Gasteiger partial charge on any atom is -0.483 e. The highest BCUT2D eigenvalue weighted by molar-refractivity contribution is 5.85. The number of carboxylic acids is 1. The van der Waals surface area contributed by atoms with E-state index in [0.717, 1.165) is 11.1 Å². The highest BCUT2D eigenvalue weighted by Gasteiger charge is 2.07. The number of aromatic carboxylic acids is 1. The van der Waals surface area contributed by atoms with Crippen LogP contribution in [0.2, 0.25) is 0 Å². The number of aryl methyl sites for hydroxylation is 1. The fourth-order valence-electron chi connectivity index (χ4n) is 1.54. The van der Waals surface area contributed by atoms with Crippen molar-refractivity contribution in [3.8, 4) is 5.75 Å². The van der Waals surface area contributed by atoms with Crippen molar-refractivity contribution in [3.63, 3.8) is 0 Å². The van der Waals surface area contributed by atoms with E-state index in [0.29, 0.717) is 0 Å². The fraction of sp³-hybridized carbons (Fsp3) is 0.143. The Morgan fingerprint density at radius 3 is 2.47 bits per heavy atom. The average molecular weight is 259 g/mol. The van der Waals surface area contributed by atoms with Gasteiger partial charge in [-0.2, -0.15) is 0 Å². The molecule has 2 N–H and O–H groups in total. The molecule has 0 saturated carbocycles. The molecule has 5 heteroatoms. The van der Waals surface area contributed by atoms with Crippen LogP contribution in [0.25, 0.3) is 0 Å². The summed E-state index contributed by atoms with van der Waals surface area (Å²) in [6.07, 6.45) is 0. The average Bonchev–Trinajstić information content (AvgIpc) is 2.39. The van der Waals surface area contributed by atoms with Crippen molar-refractivity contribution < 1.29 is 14.6 Å². The van der Waals surface area contributed by atoms with Gasteiger partial charge in [0.05, 0.1) is 0 Å². The van der Waals surface area contributed by atoms with E-state index in [2.05, 4.69) is 4.98 Å². The Morgan fingerprint density at radius 1 is 1.21 bits per heavy atom. The fourth-order valence-corrected chi connectivity index (χ4v) is 1.54. The summed E-state index contributed by atoms with van der Waals surface area (Å²) in [4.78, 5) is 24.5. The number of pyridine rings is 1. The number of hydrogen-bond donors (Lipinski definition) is 2. The molecule has 0 aliphatic carbocycles. The topological polar surface area (TPSA) is 79.4 Å². The first-order valence-corrected chi connectivity index (χ1v) is 5.71. The number of benzene rings is 1. The number of H-pyrrole nitrogens is 1. The van der Waals surface area contributed by atoms with Gasteiger partial charge in [0.25, 0.3) is 5.56 Å². The lowest BCUT2D eigenvalue weighted by Crippen LogP contribution is -2.15. The minimum atomic E-state index is -1.18. The lowest BCUT2D eigenvalue weighted by Gasteiger charge is -2.06. The molecule has 0 unspecified atom stereocenters. The number of hydrogen-bond acceptors (Lipinski definition) is 3. The summed E-state index contributed by atoms with van der Waals surface area (Å²) in [6.45, 7) is 2.25. The summed E-state index contributed by atoms with van der Waals surface area (Å²) in [5.41, 5.74) is 1.37. The predicted molar refractivity (Wildman–Crippen MR) is 69.5 cm³/mol. The van der Waals surface area contributed by atoms with E-state index >= 15 is 0 Å². The largest absolute Gasteiger partial charge is 0.483 e. The van der Waals surface area contributed by atoms with Gasteiger partial charge in [-0.3, -0.25) is 4.79 Å².